The number of carboxylic acids is 1. The maximum atomic E-state index is 11.0. The summed E-state index contributed by atoms with van der Waals surface area (Å²) in [5.41, 5.74) is 2.58. The fourth-order valence-electron chi connectivity index (χ4n) is 1.68. The van der Waals surface area contributed by atoms with Crippen molar-refractivity contribution in [2.24, 2.45) is 0 Å². The fraction of sp³-hybridized carbons (Fsp3) is 0.0714. The van der Waals surface area contributed by atoms with Crippen LogP contribution in [-0.2, 0) is 6.42 Å². The van der Waals surface area contributed by atoms with E-state index in [-0.39, 0.29) is 0 Å². The normalized spacial score (nSPS) is 10.2. The lowest BCUT2D eigenvalue weighted by atomic mass is 10.0. The smallest absolute Gasteiger partial charge is 0.336 e. The molecule has 2 aromatic rings. The average molecular weight is 338 g/mol. The minimum Gasteiger partial charge on any atom is -0.478 e. The number of hydrogen-bond acceptors (Lipinski definition) is 1. The molecule has 0 saturated heterocycles. The van der Waals surface area contributed by atoms with Crippen LogP contribution in [0.2, 0.25) is 0 Å². The number of carboxylic acid groups (broad SMARTS) is 1. The predicted octanol–water partition coefficient (Wildman–Crippen LogP) is 3.58. The molecule has 0 aliphatic heterocycles. The van der Waals surface area contributed by atoms with Crippen molar-refractivity contribution in [2.45, 2.75) is 6.42 Å². The number of halogens is 1. The van der Waals surface area contributed by atoms with Crippen molar-refractivity contribution in [1.82, 2.24) is 0 Å². The fourth-order valence-corrected chi connectivity index (χ4v) is 2.24. The van der Waals surface area contributed by atoms with Crippen LogP contribution in [0.1, 0.15) is 21.5 Å². The minimum atomic E-state index is -0.871. The van der Waals surface area contributed by atoms with Gasteiger partial charge in [-0.2, -0.15) is 0 Å². The van der Waals surface area contributed by atoms with Gasteiger partial charge in [-0.15, -0.1) is 0 Å². The number of carbonyl (C=O) groups is 1. The SMILES string of the molecule is O=C(O)c1cc(Cc2ccccc2)ccc1I. The Balaban J connectivity index is 2.29. The summed E-state index contributed by atoms with van der Waals surface area (Å²) in [5.74, 6) is -0.871. The summed E-state index contributed by atoms with van der Waals surface area (Å²) >= 11 is 2.04. The number of hydrogen-bond donors (Lipinski definition) is 1. The molecular weight excluding hydrogens is 327 g/mol. The van der Waals surface area contributed by atoms with E-state index >= 15 is 0 Å². The molecular formula is C14H11IO2. The first-order chi connectivity index (χ1) is 8.16. The monoisotopic (exact) mass is 338 g/mol. The molecule has 0 unspecified atom stereocenters. The van der Waals surface area contributed by atoms with E-state index in [1.807, 2.05) is 65.1 Å². The van der Waals surface area contributed by atoms with E-state index in [0.717, 1.165) is 15.6 Å². The highest BCUT2D eigenvalue weighted by atomic mass is 127. The first-order valence-electron chi connectivity index (χ1n) is 5.22. The van der Waals surface area contributed by atoms with Crippen molar-refractivity contribution in [1.29, 1.82) is 0 Å². The molecule has 86 valence electrons. The van der Waals surface area contributed by atoms with Crippen molar-refractivity contribution in [3.05, 3.63) is 68.8 Å². The molecule has 2 nitrogen and oxygen atoms in total. The van der Waals surface area contributed by atoms with Gasteiger partial charge in [0.1, 0.15) is 0 Å². The van der Waals surface area contributed by atoms with Crippen LogP contribution >= 0.6 is 22.6 Å². The topological polar surface area (TPSA) is 37.3 Å². The molecule has 0 atom stereocenters. The summed E-state index contributed by atoms with van der Waals surface area (Å²) in [6, 6.07) is 15.6. The van der Waals surface area contributed by atoms with Gasteiger partial charge in [-0.1, -0.05) is 36.4 Å². The summed E-state index contributed by atoms with van der Waals surface area (Å²) in [6.45, 7) is 0. The third kappa shape index (κ3) is 3.06. The lowest BCUT2D eigenvalue weighted by molar-refractivity contribution is 0.0695. The van der Waals surface area contributed by atoms with Crippen LogP contribution in [0.15, 0.2) is 48.5 Å². The number of benzene rings is 2. The van der Waals surface area contributed by atoms with Gasteiger partial charge in [0.2, 0.25) is 0 Å². The van der Waals surface area contributed by atoms with Gasteiger partial charge in [-0.25, -0.2) is 4.79 Å². The molecule has 0 spiro atoms. The molecule has 0 aliphatic rings. The molecule has 2 rings (SSSR count). The Morgan fingerprint density at radius 3 is 2.41 bits per heavy atom. The molecule has 0 fully saturated rings. The molecule has 0 radical (unpaired) electrons. The zero-order valence-electron chi connectivity index (χ0n) is 9.06. The van der Waals surface area contributed by atoms with E-state index in [1.165, 1.54) is 5.56 Å². The van der Waals surface area contributed by atoms with Crippen molar-refractivity contribution in [2.75, 3.05) is 0 Å². The Kier molecular flexibility index (Phi) is 3.78. The van der Waals surface area contributed by atoms with Gasteiger partial charge in [0.05, 0.1) is 5.56 Å². The standard InChI is InChI=1S/C14H11IO2/c15-13-7-6-11(9-12(13)14(16)17)8-10-4-2-1-3-5-10/h1-7,9H,8H2,(H,16,17). The van der Waals surface area contributed by atoms with Crippen LogP contribution in [0, 0.1) is 3.57 Å². The molecule has 0 saturated carbocycles. The van der Waals surface area contributed by atoms with Crippen LogP contribution in [0.5, 0.6) is 0 Å². The van der Waals surface area contributed by atoms with Gasteiger partial charge in [0.15, 0.2) is 0 Å². The van der Waals surface area contributed by atoms with Gasteiger partial charge >= 0.3 is 5.97 Å². The zero-order valence-corrected chi connectivity index (χ0v) is 11.2. The summed E-state index contributed by atoms with van der Waals surface area (Å²) in [6.07, 6.45) is 0.762. The van der Waals surface area contributed by atoms with Crippen LogP contribution in [0.3, 0.4) is 0 Å². The van der Waals surface area contributed by atoms with E-state index in [4.69, 9.17) is 5.11 Å². The maximum absolute atomic E-state index is 11.0. The Morgan fingerprint density at radius 2 is 1.76 bits per heavy atom. The Bertz CT molecular complexity index is 535. The van der Waals surface area contributed by atoms with Gasteiger partial charge in [0.25, 0.3) is 0 Å². The largest absolute Gasteiger partial charge is 0.478 e. The maximum Gasteiger partial charge on any atom is 0.336 e. The molecule has 0 bridgehead atoms. The van der Waals surface area contributed by atoms with E-state index in [1.54, 1.807) is 6.07 Å². The van der Waals surface area contributed by atoms with Crippen molar-refractivity contribution < 1.29 is 9.90 Å². The number of aromatic carboxylic acids is 1. The van der Waals surface area contributed by atoms with E-state index in [9.17, 15) is 4.79 Å². The second kappa shape index (κ2) is 5.31. The first kappa shape index (κ1) is 12.1. The summed E-state index contributed by atoms with van der Waals surface area (Å²) in [7, 11) is 0. The molecule has 1 N–H and O–H groups in total. The quantitative estimate of drug-likeness (QED) is 0.869. The highest BCUT2D eigenvalue weighted by Gasteiger charge is 2.08. The third-order valence-electron chi connectivity index (χ3n) is 2.51. The molecule has 0 amide bonds. The first-order valence-corrected chi connectivity index (χ1v) is 6.30. The van der Waals surface area contributed by atoms with Crippen LogP contribution < -0.4 is 0 Å². The minimum absolute atomic E-state index is 0.374. The van der Waals surface area contributed by atoms with Crippen molar-refractivity contribution >= 4 is 28.6 Å². The second-order valence-electron chi connectivity index (χ2n) is 3.78. The predicted molar refractivity (Wildman–Crippen MR) is 75.4 cm³/mol. The van der Waals surface area contributed by atoms with Crippen LogP contribution in [-0.4, -0.2) is 11.1 Å². The van der Waals surface area contributed by atoms with Gasteiger partial charge in [0, 0.05) is 3.57 Å². The third-order valence-corrected chi connectivity index (χ3v) is 3.45. The van der Waals surface area contributed by atoms with Crippen molar-refractivity contribution in [3.8, 4) is 0 Å². The van der Waals surface area contributed by atoms with E-state index in [2.05, 4.69) is 0 Å². The lowest BCUT2D eigenvalue weighted by Gasteiger charge is -2.05. The van der Waals surface area contributed by atoms with E-state index in [0.29, 0.717) is 5.56 Å². The molecule has 0 heterocycles. The Hall–Kier alpha value is -1.36. The summed E-state index contributed by atoms with van der Waals surface area (Å²) in [4.78, 5) is 11.0. The Morgan fingerprint density at radius 1 is 1.06 bits per heavy atom. The van der Waals surface area contributed by atoms with Crippen LogP contribution in [0.25, 0.3) is 0 Å². The molecule has 17 heavy (non-hydrogen) atoms. The molecule has 0 aliphatic carbocycles. The summed E-state index contributed by atoms with van der Waals surface area (Å²) in [5, 5.41) is 9.05. The molecule has 3 heteroatoms. The average Bonchev–Trinajstić information content (AvgIpc) is 2.32. The van der Waals surface area contributed by atoms with E-state index < -0.39 is 5.97 Å². The van der Waals surface area contributed by atoms with Gasteiger partial charge in [-0.05, 0) is 52.3 Å². The second-order valence-corrected chi connectivity index (χ2v) is 4.94. The molecule has 0 aromatic heterocycles. The lowest BCUT2D eigenvalue weighted by Crippen LogP contribution is -2.01. The highest BCUT2D eigenvalue weighted by Crippen LogP contribution is 2.17. The Labute approximate surface area is 113 Å². The highest BCUT2D eigenvalue weighted by molar-refractivity contribution is 14.1. The van der Waals surface area contributed by atoms with Crippen LogP contribution in [0.4, 0.5) is 0 Å². The summed E-state index contributed by atoms with van der Waals surface area (Å²) < 4.78 is 0.770. The van der Waals surface area contributed by atoms with Gasteiger partial charge < -0.3 is 5.11 Å². The van der Waals surface area contributed by atoms with Gasteiger partial charge in [-0.3, -0.25) is 0 Å². The molecule has 2 aromatic carbocycles. The zero-order chi connectivity index (χ0) is 12.3. The van der Waals surface area contributed by atoms with Crippen molar-refractivity contribution in [3.63, 3.8) is 0 Å². The number of rotatable bonds is 3.